The van der Waals surface area contributed by atoms with Crippen molar-refractivity contribution >= 4 is 5.91 Å². The van der Waals surface area contributed by atoms with Gasteiger partial charge in [-0.25, -0.2) is 0 Å². The molecule has 2 N–H and O–H groups in total. The summed E-state index contributed by atoms with van der Waals surface area (Å²) in [7, 11) is 0. The Hall–Kier alpha value is -2.06. The maximum Gasteiger partial charge on any atom is 0.258 e. The zero-order valence-corrected chi connectivity index (χ0v) is 10.9. The average molecular weight is 262 g/mol. The fraction of sp³-hybridized carbons (Fsp3) is 0.429. The van der Waals surface area contributed by atoms with E-state index in [1.54, 1.807) is 24.3 Å². The highest BCUT2D eigenvalue weighted by atomic mass is 16.5. The second-order valence-electron chi connectivity index (χ2n) is 4.08. The monoisotopic (exact) mass is 262 g/mol. The van der Waals surface area contributed by atoms with Crippen molar-refractivity contribution in [2.24, 2.45) is 0 Å². The van der Waals surface area contributed by atoms with Gasteiger partial charge < -0.3 is 15.2 Å². The fourth-order valence-corrected chi connectivity index (χ4v) is 1.63. The highest BCUT2D eigenvalue weighted by Crippen LogP contribution is 2.16. The van der Waals surface area contributed by atoms with E-state index in [2.05, 4.69) is 5.32 Å². The number of benzene rings is 1. The molecule has 1 rings (SSSR count). The summed E-state index contributed by atoms with van der Waals surface area (Å²) in [6, 6.07) is 8.72. The SMILES string of the molecule is CCC(CCO)NC(=O)COc1ccccc1C#N. The average Bonchev–Trinajstić information content (AvgIpc) is 2.44. The summed E-state index contributed by atoms with van der Waals surface area (Å²) in [5, 5.41) is 20.5. The third kappa shape index (κ3) is 4.98. The number of carbonyl (C=O) groups is 1. The highest BCUT2D eigenvalue weighted by molar-refractivity contribution is 5.77. The van der Waals surface area contributed by atoms with Gasteiger partial charge >= 0.3 is 0 Å². The number of nitriles is 1. The molecular weight excluding hydrogens is 244 g/mol. The lowest BCUT2D eigenvalue weighted by Gasteiger charge is -2.16. The van der Waals surface area contributed by atoms with Crippen molar-refractivity contribution in [3.63, 3.8) is 0 Å². The Kier molecular flexibility index (Phi) is 6.41. The van der Waals surface area contributed by atoms with Gasteiger partial charge in [-0.2, -0.15) is 5.26 Å². The van der Waals surface area contributed by atoms with Crippen LogP contribution in [0.15, 0.2) is 24.3 Å². The molecule has 1 unspecified atom stereocenters. The molecule has 0 heterocycles. The molecule has 0 spiro atoms. The molecule has 0 aromatic heterocycles. The minimum Gasteiger partial charge on any atom is -0.482 e. The minimum atomic E-state index is -0.256. The summed E-state index contributed by atoms with van der Waals surface area (Å²) < 4.78 is 5.32. The van der Waals surface area contributed by atoms with Gasteiger partial charge in [-0.1, -0.05) is 19.1 Å². The molecule has 5 nitrogen and oxygen atoms in total. The zero-order chi connectivity index (χ0) is 14.1. The molecule has 0 saturated heterocycles. The van der Waals surface area contributed by atoms with Crippen LogP contribution < -0.4 is 10.1 Å². The van der Waals surface area contributed by atoms with Gasteiger partial charge in [0.05, 0.1) is 5.56 Å². The van der Waals surface area contributed by atoms with E-state index in [9.17, 15) is 4.79 Å². The van der Waals surface area contributed by atoms with Crippen molar-refractivity contribution in [2.45, 2.75) is 25.8 Å². The standard InChI is InChI=1S/C14H18N2O3/c1-2-12(7-8-17)16-14(18)10-19-13-6-4-3-5-11(13)9-15/h3-6,12,17H,2,7-8,10H2,1H3,(H,16,18). The first-order valence-electron chi connectivity index (χ1n) is 6.23. The van der Waals surface area contributed by atoms with Crippen LogP contribution in [0.3, 0.4) is 0 Å². The number of hydrogen-bond acceptors (Lipinski definition) is 4. The molecular formula is C14H18N2O3. The van der Waals surface area contributed by atoms with Crippen LogP contribution >= 0.6 is 0 Å². The minimum absolute atomic E-state index is 0.0386. The number of carbonyl (C=O) groups excluding carboxylic acids is 1. The molecule has 1 aromatic carbocycles. The summed E-state index contributed by atoms with van der Waals surface area (Å²) in [6.45, 7) is 1.84. The molecule has 0 bridgehead atoms. The van der Waals surface area contributed by atoms with Gasteiger partial charge in [0.25, 0.3) is 5.91 Å². The summed E-state index contributed by atoms with van der Waals surface area (Å²) in [5.74, 6) is 0.142. The zero-order valence-electron chi connectivity index (χ0n) is 10.9. The van der Waals surface area contributed by atoms with Crippen LogP contribution in [0, 0.1) is 11.3 Å². The number of aliphatic hydroxyl groups is 1. The summed E-state index contributed by atoms with van der Waals surface area (Å²) in [5.41, 5.74) is 0.401. The number of ether oxygens (including phenoxy) is 1. The van der Waals surface area contributed by atoms with Crippen LogP contribution in [0.2, 0.25) is 0 Å². The Morgan fingerprint density at radius 1 is 1.53 bits per heavy atom. The summed E-state index contributed by atoms with van der Waals surface area (Å²) >= 11 is 0. The Balaban J connectivity index is 2.48. The van der Waals surface area contributed by atoms with Gasteiger partial charge in [-0.3, -0.25) is 4.79 Å². The lowest BCUT2D eigenvalue weighted by Crippen LogP contribution is -2.38. The smallest absolute Gasteiger partial charge is 0.258 e. The largest absolute Gasteiger partial charge is 0.482 e. The van der Waals surface area contributed by atoms with E-state index in [0.717, 1.165) is 6.42 Å². The highest BCUT2D eigenvalue weighted by Gasteiger charge is 2.11. The molecule has 0 radical (unpaired) electrons. The quantitative estimate of drug-likeness (QED) is 0.774. The van der Waals surface area contributed by atoms with Crippen LogP contribution in [-0.2, 0) is 4.79 Å². The first kappa shape index (κ1) is 15.0. The van der Waals surface area contributed by atoms with E-state index in [1.165, 1.54) is 0 Å². The number of nitrogens with one attached hydrogen (secondary N) is 1. The van der Waals surface area contributed by atoms with Gasteiger partial charge in [-0.05, 0) is 25.0 Å². The predicted molar refractivity (Wildman–Crippen MR) is 70.6 cm³/mol. The van der Waals surface area contributed by atoms with E-state index >= 15 is 0 Å². The Bertz CT molecular complexity index is 454. The van der Waals surface area contributed by atoms with Crippen LogP contribution in [0.4, 0.5) is 0 Å². The molecule has 5 heteroatoms. The molecule has 1 atom stereocenters. The molecule has 1 aromatic rings. The van der Waals surface area contributed by atoms with E-state index in [0.29, 0.717) is 17.7 Å². The molecule has 0 fully saturated rings. The molecule has 19 heavy (non-hydrogen) atoms. The van der Waals surface area contributed by atoms with E-state index in [1.807, 2.05) is 13.0 Å². The number of aliphatic hydroxyl groups excluding tert-OH is 1. The van der Waals surface area contributed by atoms with Crippen LogP contribution in [0.5, 0.6) is 5.75 Å². The van der Waals surface area contributed by atoms with Crippen molar-refractivity contribution in [1.29, 1.82) is 5.26 Å². The molecule has 102 valence electrons. The normalized spacial score (nSPS) is 11.4. The van der Waals surface area contributed by atoms with Gasteiger partial charge in [0.1, 0.15) is 11.8 Å². The fourth-order valence-electron chi connectivity index (χ4n) is 1.63. The van der Waals surface area contributed by atoms with Crippen molar-refractivity contribution in [3.8, 4) is 11.8 Å². The number of rotatable bonds is 7. The molecule has 0 aliphatic heterocycles. The Morgan fingerprint density at radius 3 is 2.89 bits per heavy atom. The lowest BCUT2D eigenvalue weighted by molar-refractivity contribution is -0.123. The van der Waals surface area contributed by atoms with Crippen LogP contribution in [0.25, 0.3) is 0 Å². The number of hydrogen-bond donors (Lipinski definition) is 2. The second kappa shape index (κ2) is 8.11. The second-order valence-corrected chi connectivity index (χ2v) is 4.08. The van der Waals surface area contributed by atoms with Gasteiger partial charge in [-0.15, -0.1) is 0 Å². The Labute approximate surface area is 112 Å². The third-order valence-electron chi connectivity index (χ3n) is 2.70. The maximum absolute atomic E-state index is 11.7. The topological polar surface area (TPSA) is 82.3 Å². The van der Waals surface area contributed by atoms with Crippen molar-refractivity contribution < 1.29 is 14.6 Å². The molecule has 0 aliphatic rings. The van der Waals surface area contributed by atoms with E-state index in [4.69, 9.17) is 15.1 Å². The van der Waals surface area contributed by atoms with Gasteiger partial charge in [0.15, 0.2) is 6.61 Å². The first-order valence-corrected chi connectivity index (χ1v) is 6.23. The van der Waals surface area contributed by atoms with Crippen LogP contribution in [-0.4, -0.2) is 30.3 Å². The van der Waals surface area contributed by atoms with Crippen molar-refractivity contribution in [3.05, 3.63) is 29.8 Å². The van der Waals surface area contributed by atoms with Crippen LogP contribution in [0.1, 0.15) is 25.3 Å². The van der Waals surface area contributed by atoms with Gasteiger partial charge in [0.2, 0.25) is 0 Å². The first-order chi connectivity index (χ1) is 9.21. The summed E-state index contributed by atoms with van der Waals surface area (Å²) in [4.78, 5) is 11.7. The number of nitrogens with zero attached hydrogens (tertiary/aromatic N) is 1. The van der Waals surface area contributed by atoms with Gasteiger partial charge in [0, 0.05) is 12.6 Å². The molecule has 1 amide bonds. The molecule has 0 aliphatic carbocycles. The number of amides is 1. The van der Waals surface area contributed by atoms with E-state index in [-0.39, 0.29) is 25.2 Å². The summed E-state index contributed by atoms with van der Waals surface area (Å²) in [6.07, 6.45) is 1.28. The Morgan fingerprint density at radius 2 is 2.26 bits per heavy atom. The maximum atomic E-state index is 11.7. The van der Waals surface area contributed by atoms with E-state index < -0.39 is 0 Å². The van der Waals surface area contributed by atoms with Crippen molar-refractivity contribution in [1.82, 2.24) is 5.32 Å². The number of para-hydroxylation sites is 1. The third-order valence-corrected chi connectivity index (χ3v) is 2.70. The lowest BCUT2D eigenvalue weighted by atomic mass is 10.1. The molecule has 0 saturated carbocycles. The van der Waals surface area contributed by atoms with Crippen molar-refractivity contribution in [2.75, 3.05) is 13.2 Å². The predicted octanol–water partition coefficient (Wildman–Crippen LogP) is 1.21.